The van der Waals surface area contributed by atoms with Gasteiger partial charge >= 0.3 is 0 Å². The van der Waals surface area contributed by atoms with Gasteiger partial charge in [-0.05, 0) is 62.8 Å². The molecular weight excluding hydrogens is 478 g/mol. The van der Waals surface area contributed by atoms with E-state index in [-0.39, 0.29) is 17.4 Å². The molecule has 3 heterocycles. The maximum atomic E-state index is 14.2. The number of piperidine rings is 1. The van der Waals surface area contributed by atoms with Crippen LogP contribution in [0.3, 0.4) is 0 Å². The highest BCUT2D eigenvalue weighted by Gasteiger charge is 2.38. The summed E-state index contributed by atoms with van der Waals surface area (Å²) in [5.41, 5.74) is -0.143. The highest BCUT2D eigenvalue weighted by Crippen LogP contribution is 2.39. The molecule has 2 amide bonds. The summed E-state index contributed by atoms with van der Waals surface area (Å²) >= 11 is 0. The van der Waals surface area contributed by atoms with E-state index < -0.39 is 23.1 Å². The molecule has 2 aromatic carbocycles. The van der Waals surface area contributed by atoms with E-state index >= 15 is 0 Å². The Morgan fingerprint density at radius 1 is 0.919 bits per heavy atom. The second-order valence-corrected chi connectivity index (χ2v) is 10.5. The number of carbonyl (C=O) groups excluding carboxylic acids is 2. The first-order chi connectivity index (χ1) is 18.0. The molecule has 1 atom stereocenters. The molecule has 3 aliphatic rings. The third-order valence-electron chi connectivity index (χ3n) is 8.13. The SMILES string of the molecule is O=C(c1c(F)cccc1F)N1CCC2(CCCCOC[C@@H]3CCCN3C(=O)c3ccccc3OC2)CC1. The van der Waals surface area contributed by atoms with Gasteiger partial charge in [0.25, 0.3) is 11.8 Å². The van der Waals surface area contributed by atoms with Crippen LogP contribution in [0.2, 0.25) is 0 Å². The molecule has 2 fully saturated rings. The van der Waals surface area contributed by atoms with E-state index in [1.165, 1.54) is 11.0 Å². The van der Waals surface area contributed by atoms with Crippen LogP contribution in [-0.2, 0) is 4.74 Å². The quantitative estimate of drug-likeness (QED) is 0.535. The Labute approximate surface area is 216 Å². The van der Waals surface area contributed by atoms with E-state index in [2.05, 4.69) is 0 Å². The smallest absolute Gasteiger partial charge is 0.259 e. The Balaban J connectivity index is 1.33. The summed E-state index contributed by atoms with van der Waals surface area (Å²) in [5.74, 6) is -1.75. The molecule has 8 heteroatoms. The average molecular weight is 513 g/mol. The summed E-state index contributed by atoms with van der Waals surface area (Å²) in [6, 6.07) is 11.0. The molecule has 2 saturated heterocycles. The van der Waals surface area contributed by atoms with Crippen molar-refractivity contribution < 1.29 is 27.8 Å². The van der Waals surface area contributed by atoms with E-state index in [1.807, 2.05) is 29.2 Å². The molecule has 0 saturated carbocycles. The lowest BCUT2D eigenvalue weighted by Crippen LogP contribution is -2.46. The molecule has 3 aliphatic heterocycles. The van der Waals surface area contributed by atoms with Crippen molar-refractivity contribution in [2.24, 2.45) is 5.41 Å². The predicted octanol–water partition coefficient (Wildman–Crippen LogP) is 5.07. The van der Waals surface area contributed by atoms with E-state index in [9.17, 15) is 18.4 Å². The van der Waals surface area contributed by atoms with Crippen LogP contribution < -0.4 is 4.74 Å². The molecule has 2 aromatic rings. The van der Waals surface area contributed by atoms with E-state index in [0.29, 0.717) is 57.1 Å². The van der Waals surface area contributed by atoms with E-state index in [4.69, 9.17) is 9.47 Å². The number of fused-ring (bicyclic) bond motifs is 2. The maximum absolute atomic E-state index is 14.2. The predicted molar refractivity (Wildman–Crippen MR) is 135 cm³/mol. The van der Waals surface area contributed by atoms with Gasteiger partial charge in [-0.3, -0.25) is 9.59 Å². The molecule has 0 aromatic heterocycles. The van der Waals surface area contributed by atoms with Crippen LogP contribution in [0.15, 0.2) is 42.5 Å². The number of halogens is 2. The third-order valence-corrected chi connectivity index (χ3v) is 8.13. The van der Waals surface area contributed by atoms with E-state index in [0.717, 1.165) is 50.8 Å². The lowest BCUT2D eigenvalue weighted by atomic mass is 9.75. The van der Waals surface area contributed by atoms with Crippen LogP contribution in [-0.4, -0.2) is 67.1 Å². The summed E-state index contributed by atoms with van der Waals surface area (Å²) in [6.07, 6.45) is 5.97. The van der Waals surface area contributed by atoms with Gasteiger partial charge in [-0.25, -0.2) is 8.78 Å². The number of hydrogen-bond donors (Lipinski definition) is 0. The minimum Gasteiger partial charge on any atom is -0.492 e. The number of rotatable bonds is 1. The topological polar surface area (TPSA) is 59.1 Å². The van der Waals surface area contributed by atoms with Gasteiger partial charge in [0.15, 0.2) is 0 Å². The molecule has 6 nitrogen and oxygen atoms in total. The van der Waals surface area contributed by atoms with Crippen molar-refractivity contribution in [1.82, 2.24) is 9.80 Å². The van der Waals surface area contributed by atoms with Crippen LogP contribution >= 0.6 is 0 Å². The van der Waals surface area contributed by atoms with Crippen LogP contribution in [0.5, 0.6) is 5.75 Å². The zero-order valence-electron chi connectivity index (χ0n) is 21.1. The molecular formula is C29H34F2N2O4. The van der Waals surface area contributed by atoms with Crippen LogP contribution in [0, 0.1) is 17.0 Å². The van der Waals surface area contributed by atoms with Gasteiger partial charge in [0.1, 0.15) is 22.9 Å². The first-order valence-electron chi connectivity index (χ1n) is 13.3. The Kier molecular flexibility index (Phi) is 7.74. The number of carbonyl (C=O) groups is 2. The van der Waals surface area contributed by atoms with Crippen molar-refractivity contribution >= 4 is 11.8 Å². The molecule has 0 N–H and O–H groups in total. The first-order valence-corrected chi connectivity index (χ1v) is 13.3. The summed E-state index contributed by atoms with van der Waals surface area (Å²) in [6.45, 7) is 3.10. The second kappa shape index (κ2) is 11.2. The average Bonchev–Trinajstić information content (AvgIpc) is 3.38. The fourth-order valence-corrected chi connectivity index (χ4v) is 5.87. The van der Waals surface area contributed by atoms with Gasteiger partial charge < -0.3 is 19.3 Å². The maximum Gasteiger partial charge on any atom is 0.259 e. The van der Waals surface area contributed by atoms with E-state index in [1.54, 1.807) is 0 Å². The summed E-state index contributed by atoms with van der Waals surface area (Å²) in [4.78, 5) is 29.8. The normalized spacial score (nSPS) is 22.6. The van der Waals surface area contributed by atoms with Crippen molar-refractivity contribution in [2.75, 3.05) is 39.5 Å². The molecule has 0 bridgehead atoms. The van der Waals surface area contributed by atoms with Gasteiger partial charge in [-0.1, -0.05) is 24.6 Å². The van der Waals surface area contributed by atoms with Crippen LogP contribution in [0.1, 0.15) is 65.7 Å². The fourth-order valence-electron chi connectivity index (χ4n) is 5.87. The van der Waals surface area contributed by atoms with Crippen molar-refractivity contribution in [3.63, 3.8) is 0 Å². The Hall–Kier alpha value is -3.00. The Morgan fingerprint density at radius 2 is 1.68 bits per heavy atom. The summed E-state index contributed by atoms with van der Waals surface area (Å²) in [5, 5.41) is 0. The number of benzene rings is 2. The standard InChI is InChI=1S/C29H34F2N2O4/c30-23-9-5-10-24(31)26(23)28(35)32-16-13-29(14-17-32)12-3-4-18-36-19-21-7-6-15-33(21)27(34)22-8-1-2-11-25(22)37-20-29/h1-2,5,8-11,21H,3-4,6-7,12-20H2/t21-/m0/s1. The summed E-state index contributed by atoms with van der Waals surface area (Å²) < 4.78 is 40.8. The molecule has 37 heavy (non-hydrogen) atoms. The van der Waals surface area contributed by atoms with Gasteiger partial charge in [0.2, 0.25) is 0 Å². The monoisotopic (exact) mass is 512 g/mol. The molecule has 198 valence electrons. The number of likely N-dealkylation sites (tertiary alicyclic amines) is 1. The van der Waals surface area contributed by atoms with Crippen molar-refractivity contribution in [3.05, 3.63) is 65.2 Å². The van der Waals surface area contributed by atoms with Crippen molar-refractivity contribution in [1.29, 1.82) is 0 Å². The lowest BCUT2D eigenvalue weighted by Gasteiger charge is -2.42. The molecule has 0 unspecified atom stereocenters. The number of hydrogen-bond acceptors (Lipinski definition) is 4. The lowest BCUT2D eigenvalue weighted by molar-refractivity contribution is 0.0299. The van der Waals surface area contributed by atoms with Crippen LogP contribution in [0.25, 0.3) is 0 Å². The highest BCUT2D eigenvalue weighted by atomic mass is 19.1. The minimum absolute atomic E-state index is 0.0276. The number of ether oxygens (including phenoxy) is 2. The zero-order chi connectivity index (χ0) is 25.8. The molecule has 5 rings (SSSR count). The summed E-state index contributed by atoms with van der Waals surface area (Å²) in [7, 11) is 0. The molecule has 0 aliphatic carbocycles. The number of para-hydroxylation sites is 1. The third kappa shape index (κ3) is 5.49. The fraction of sp³-hybridized carbons (Fsp3) is 0.517. The second-order valence-electron chi connectivity index (χ2n) is 10.5. The largest absolute Gasteiger partial charge is 0.492 e. The molecule has 0 radical (unpaired) electrons. The van der Waals surface area contributed by atoms with Crippen molar-refractivity contribution in [3.8, 4) is 5.75 Å². The van der Waals surface area contributed by atoms with Gasteiger partial charge in [-0.15, -0.1) is 0 Å². The van der Waals surface area contributed by atoms with Crippen LogP contribution in [0.4, 0.5) is 8.78 Å². The Morgan fingerprint density at radius 3 is 2.46 bits per heavy atom. The van der Waals surface area contributed by atoms with Gasteiger partial charge in [0, 0.05) is 31.7 Å². The van der Waals surface area contributed by atoms with Gasteiger partial charge in [-0.2, -0.15) is 0 Å². The Bertz CT molecular complexity index is 1110. The number of amides is 2. The highest BCUT2D eigenvalue weighted by molar-refractivity contribution is 5.97. The molecule has 1 spiro atoms. The first kappa shape index (κ1) is 25.6. The zero-order valence-corrected chi connectivity index (χ0v) is 21.1. The van der Waals surface area contributed by atoms with Crippen molar-refractivity contribution in [2.45, 2.75) is 51.0 Å². The minimum atomic E-state index is -0.840. The number of nitrogens with zero attached hydrogens (tertiary/aromatic N) is 2. The van der Waals surface area contributed by atoms with Gasteiger partial charge in [0.05, 0.1) is 24.8 Å².